The van der Waals surface area contributed by atoms with E-state index in [1.807, 2.05) is 0 Å². The highest BCUT2D eigenvalue weighted by Gasteiger charge is 2.43. The number of sulfonamides is 1. The third-order valence-electron chi connectivity index (χ3n) is 2.43. The Labute approximate surface area is 94.3 Å². The predicted molar refractivity (Wildman–Crippen MR) is 56.2 cm³/mol. The molecule has 1 aliphatic heterocycles. The van der Waals surface area contributed by atoms with Crippen LogP contribution in [0.3, 0.4) is 0 Å². The van der Waals surface area contributed by atoms with Gasteiger partial charge in [-0.05, 0) is 20.3 Å². The van der Waals surface area contributed by atoms with Gasteiger partial charge in [0.1, 0.15) is 0 Å². The van der Waals surface area contributed by atoms with Gasteiger partial charge < -0.3 is 5.11 Å². The highest BCUT2D eigenvalue weighted by Crippen LogP contribution is 2.28. The van der Waals surface area contributed by atoms with Crippen LogP contribution in [0.2, 0.25) is 0 Å². The van der Waals surface area contributed by atoms with E-state index in [1.165, 1.54) is 13.8 Å². The Balaban J connectivity index is 3.07. The number of carbonyl (C=O) groups is 2. The number of aliphatic carboxylic acids is 1. The molecule has 7 heteroatoms. The molecule has 1 fully saturated rings. The molecule has 92 valence electrons. The minimum absolute atomic E-state index is 0.0954. The van der Waals surface area contributed by atoms with Crippen molar-refractivity contribution < 1.29 is 23.1 Å². The van der Waals surface area contributed by atoms with Crippen LogP contribution in [0.5, 0.6) is 0 Å². The summed E-state index contributed by atoms with van der Waals surface area (Å²) in [4.78, 5) is 22.2. The molecule has 0 atom stereocenters. The maximum Gasteiger partial charge on any atom is 0.305 e. The molecule has 1 N–H and O–H groups in total. The first-order valence-electron chi connectivity index (χ1n) is 4.94. The summed E-state index contributed by atoms with van der Waals surface area (Å²) in [5, 5.41) is 8.70. The average Bonchev–Trinajstić information content (AvgIpc) is 1.97. The lowest BCUT2D eigenvalue weighted by atomic mass is 10.0. The average molecular weight is 249 g/mol. The van der Waals surface area contributed by atoms with E-state index in [1.54, 1.807) is 0 Å². The second-order valence-electron chi connectivity index (χ2n) is 4.46. The zero-order valence-electron chi connectivity index (χ0n) is 9.26. The summed E-state index contributed by atoms with van der Waals surface area (Å²) in [6, 6.07) is 0. The summed E-state index contributed by atoms with van der Waals surface area (Å²) in [5.41, 5.74) is -1.21. The molecule has 0 aromatic carbocycles. The molecular weight excluding hydrogens is 234 g/mol. The van der Waals surface area contributed by atoms with Gasteiger partial charge in [0.15, 0.2) is 0 Å². The van der Waals surface area contributed by atoms with E-state index >= 15 is 0 Å². The first-order chi connectivity index (χ1) is 7.17. The zero-order valence-corrected chi connectivity index (χ0v) is 10.1. The van der Waals surface area contributed by atoms with E-state index in [2.05, 4.69) is 0 Å². The Morgan fingerprint density at radius 2 is 2.06 bits per heavy atom. The largest absolute Gasteiger partial charge is 0.481 e. The normalized spacial score (nSPS) is 20.9. The lowest BCUT2D eigenvalue weighted by molar-refractivity contribution is -0.140. The van der Waals surface area contributed by atoms with Crippen molar-refractivity contribution in [3.8, 4) is 0 Å². The standard InChI is InChI=1S/C9H15NO5S/c1-9(2,6-8(12)13)10-7(11)4-3-5-16(10,14)15/h3-6H2,1-2H3,(H,12,13). The monoisotopic (exact) mass is 249 g/mol. The van der Waals surface area contributed by atoms with E-state index < -0.39 is 33.9 Å². The van der Waals surface area contributed by atoms with Gasteiger partial charge in [-0.1, -0.05) is 0 Å². The second kappa shape index (κ2) is 4.04. The first-order valence-corrected chi connectivity index (χ1v) is 6.55. The van der Waals surface area contributed by atoms with Crippen LogP contribution >= 0.6 is 0 Å². The van der Waals surface area contributed by atoms with E-state index in [4.69, 9.17) is 5.11 Å². The van der Waals surface area contributed by atoms with Crippen LogP contribution in [0.25, 0.3) is 0 Å². The Kier molecular flexibility index (Phi) is 3.27. The zero-order chi connectivity index (χ0) is 12.6. The molecule has 1 saturated heterocycles. The number of carboxylic acids is 1. The minimum Gasteiger partial charge on any atom is -0.481 e. The van der Waals surface area contributed by atoms with Gasteiger partial charge >= 0.3 is 5.97 Å². The fourth-order valence-corrected chi connectivity index (χ4v) is 3.82. The van der Waals surface area contributed by atoms with Crippen LogP contribution < -0.4 is 0 Å². The van der Waals surface area contributed by atoms with Gasteiger partial charge in [0.05, 0.1) is 17.7 Å². The van der Waals surface area contributed by atoms with Crippen molar-refractivity contribution in [1.82, 2.24) is 4.31 Å². The fraction of sp³-hybridized carbons (Fsp3) is 0.778. The predicted octanol–water partition coefficient (Wildman–Crippen LogP) is 0.192. The van der Waals surface area contributed by atoms with Gasteiger partial charge in [-0.25, -0.2) is 12.7 Å². The maximum absolute atomic E-state index is 11.7. The summed E-state index contributed by atoms with van der Waals surface area (Å²) in [7, 11) is -3.66. The van der Waals surface area contributed by atoms with Crippen LogP contribution in [0.4, 0.5) is 0 Å². The van der Waals surface area contributed by atoms with Crippen molar-refractivity contribution in [2.24, 2.45) is 0 Å². The van der Waals surface area contributed by atoms with Crippen LogP contribution in [-0.4, -0.2) is 41.0 Å². The molecule has 0 aliphatic carbocycles. The molecule has 1 heterocycles. The van der Waals surface area contributed by atoms with Crippen LogP contribution in [0.1, 0.15) is 33.1 Å². The van der Waals surface area contributed by atoms with Crippen molar-refractivity contribution in [1.29, 1.82) is 0 Å². The van der Waals surface area contributed by atoms with Gasteiger partial charge in [-0.2, -0.15) is 0 Å². The molecule has 1 aliphatic rings. The van der Waals surface area contributed by atoms with Crippen molar-refractivity contribution in [3.05, 3.63) is 0 Å². The van der Waals surface area contributed by atoms with Crippen molar-refractivity contribution in [2.75, 3.05) is 5.75 Å². The Hall–Kier alpha value is -1.11. The molecule has 1 amide bonds. The summed E-state index contributed by atoms with van der Waals surface area (Å²) < 4.78 is 24.2. The van der Waals surface area contributed by atoms with E-state index in [-0.39, 0.29) is 12.2 Å². The fourth-order valence-electron chi connectivity index (χ4n) is 1.91. The summed E-state index contributed by atoms with van der Waals surface area (Å²) in [5.74, 6) is -1.74. The van der Waals surface area contributed by atoms with Crippen molar-refractivity contribution in [2.45, 2.75) is 38.6 Å². The third-order valence-corrected chi connectivity index (χ3v) is 4.49. The SMILES string of the molecule is CC(C)(CC(=O)O)N1C(=O)CCCS1(=O)=O. The van der Waals surface area contributed by atoms with Gasteiger partial charge in [0, 0.05) is 6.42 Å². The Morgan fingerprint density at radius 1 is 1.50 bits per heavy atom. The molecule has 1 rings (SSSR count). The highest BCUT2D eigenvalue weighted by atomic mass is 32.2. The topological polar surface area (TPSA) is 91.8 Å². The molecule has 0 aromatic heterocycles. The number of rotatable bonds is 3. The number of hydrogen-bond acceptors (Lipinski definition) is 4. The van der Waals surface area contributed by atoms with Crippen LogP contribution in [-0.2, 0) is 19.6 Å². The van der Waals surface area contributed by atoms with Crippen LogP contribution in [0.15, 0.2) is 0 Å². The minimum atomic E-state index is -3.66. The van der Waals surface area contributed by atoms with Gasteiger partial charge in [0.25, 0.3) is 0 Å². The lowest BCUT2D eigenvalue weighted by Crippen LogP contribution is -2.54. The van der Waals surface area contributed by atoms with Gasteiger partial charge in [0.2, 0.25) is 15.9 Å². The molecule has 0 bridgehead atoms. The second-order valence-corrected chi connectivity index (χ2v) is 6.40. The molecule has 6 nitrogen and oxygen atoms in total. The molecule has 0 radical (unpaired) electrons. The maximum atomic E-state index is 11.7. The molecule has 0 spiro atoms. The van der Waals surface area contributed by atoms with Gasteiger partial charge in [-0.15, -0.1) is 0 Å². The summed E-state index contributed by atoms with van der Waals surface area (Å²) in [6.07, 6.45) is 0.0705. The molecule has 16 heavy (non-hydrogen) atoms. The Bertz CT molecular complexity index is 412. The first kappa shape index (κ1) is 13.0. The van der Waals surface area contributed by atoms with E-state index in [9.17, 15) is 18.0 Å². The van der Waals surface area contributed by atoms with Gasteiger partial charge in [-0.3, -0.25) is 9.59 Å². The third kappa shape index (κ3) is 2.52. The Morgan fingerprint density at radius 3 is 2.50 bits per heavy atom. The molecule has 0 saturated carbocycles. The van der Waals surface area contributed by atoms with Crippen molar-refractivity contribution in [3.63, 3.8) is 0 Å². The smallest absolute Gasteiger partial charge is 0.305 e. The number of carboxylic acid groups (broad SMARTS) is 1. The van der Waals surface area contributed by atoms with E-state index in [0.717, 1.165) is 4.31 Å². The quantitative estimate of drug-likeness (QED) is 0.771. The lowest BCUT2D eigenvalue weighted by Gasteiger charge is -2.38. The van der Waals surface area contributed by atoms with E-state index in [0.29, 0.717) is 6.42 Å². The molecule has 0 aromatic rings. The summed E-state index contributed by atoms with van der Waals surface area (Å²) in [6.45, 7) is 2.89. The molecular formula is C9H15NO5S. The number of amides is 1. The van der Waals surface area contributed by atoms with Crippen molar-refractivity contribution >= 4 is 21.9 Å². The number of hydrogen-bond donors (Lipinski definition) is 1. The molecule has 0 unspecified atom stereocenters. The van der Waals surface area contributed by atoms with Crippen LogP contribution in [0, 0.1) is 0 Å². The highest BCUT2D eigenvalue weighted by molar-refractivity contribution is 7.89. The summed E-state index contributed by atoms with van der Waals surface area (Å²) >= 11 is 0. The number of nitrogens with zero attached hydrogens (tertiary/aromatic N) is 1. The number of carbonyl (C=O) groups excluding carboxylic acids is 1.